The quantitative estimate of drug-likeness (QED) is 0.730. The molecule has 0 saturated carbocycles. The molecular formula is C9H19NO3Sn. The zero-order valence-corrected chi connectivity index (χ0v) is 11.7. The average molecular weight is 308 g/mol. The predicted octanol–water partition coefficient (Wildman–Crippen LogP) is 1.06. The van der Waals surface area contributed by atoms with Crippen molar-refractivity contribution in [3.8, 4) is 0 Å². The van der Waals surface area contributed by atoms with Crippen molar-refractivity contribution >= 4 is 19.6 Å². The van der Waals surface area contributed by atoms with E-state index in [1.165, 1.54) is 12.8 Å². The van der Waals surface area contributed by atoms with Crippen molar-refractivity contribution in [1.29, 1.82) is 0 Å². The van der Waals surface area contributed by atoms with E-state index in [4.69, 9.17) is 9.22 Å². The first kappa shape index (κ1) is 11.1. The Labute approximate surface area is 91.0 Å². The van der Waals surface area contributed by atoms with Gasteiger partial charge in [0.2, 0.25) is 0 Å². The first-order valence-corrected chi connectivity index (χ1v) is 11.0. The fraction of sp³-hybridized carbons (Fsp3) is 1.00. The second-order valence-corrected chi connectivity index (χ2v) is 11.7. The third-order valence-electron chi connectivity index (χ3n) is 2.76. The van der Waals surface area contributed by atoms with Gasteiger partial charge in [0.15, 0.2) is 0 Å². The average Bonchev–Trinajstić information content (AvgIpc) is 2.47. The molecule has 2 fully saturated rings. The van der Waals surface area contributed by atoms with Crippen molar-refractivity contribution in [1.82, 2.24) is 4.90 Å². The van der Waals surface area contributed by atoms with E-state index in [-0.39, 0.29) is 0 Å². The fourth-order valence-corrected chi connectivity index (χ4v) is 9.40. The second kappa shape index (κ2) is 5.11. The Balaban J connectivity index is 1.99. The van der Waals surface area contributed by atoms with Crippen LogP contribution < -0.4 is 0 Å². The zero-order chi connectivity index (χ0) is 9.86. The molecule has 4 nitrogen and oxygen atoms in total. The van der Waals surface area contributed by atoms with Crippen LogP contribution >= 0.6 is 0 Å². The van der Waals surface area contributed by atoms with E-state index in [1.807, 2.05) is 0 Å². The van der Waals surface area contributed by atoms with E-state index >= 15 is 0 Å². The summed E-state index contributed by atoms with van der Waals surface area (Å²) >= 11 is -3.03. The van der Waals surface area contributed by atoms with Crippen molar-refractivity contribution in [3.63, 3.8) is 0 Å². The second-order valence-electron chi connectivity index (χ2n) is 3.87. The first-order chi connectivity index (χ1) is 6.85. The van der Waals surface area contributed by atoms with Crippen LogP contribution in [0.25, 0.3) is 0 Å². The fourth-order valence-electron chi connectivity index (χ4n) is 1.83. The van der Waals surface area contributed by atoms with Gasteiger partial charge in [-0.15, -0.1) is 0 Å². The first-order valence-electron chi connectivity index (χ1n) is 5.49. The number of nitrogens with zero attached hydrogens (tertiary/aromatic N) is 1. The zero-order valence-electron chi connectivity index (χ0n) is 8.83. The summed E-state index contributed by atoms with van der Waals surface area (Å²) in [6.45, 7) is 6.56. The summed E-state index contributed by atoms with van der Waals surface area (Å²) in [7, 11) is 0. The third kappa shape index (κ3) is 2.60. The molecule has 0 aromatic heterocycles. The van der Waals surface area contributed by atoms with Gasteiger partial charge >= 0.3 is 91.0 Å². The summed E-state index contributed by atoms with van der Waals surface area (Å²) in [5, 5.41) is 0. The van der Waals surface area contributed by atoms with Crippen LogP contribution in [0.5, 0.6) is 0 Å². The summed E-state index contributed by atoms with van der Waals surface area (Å²) in [6, 6.07) is 0. The number of unbranched alkanes of at least 4 members (excludes halogenated alkanes) is 1. The monoisotopic (exact) mass is 309 g/mol. The van der Waals surface area contributed by atoms with E-state index < -0.39 is 19.6 Å². The molecule has 0 N–H and O–H groups in total. The van der Waals surface area contributed by atoms with Gasteiger partial charge in [-0.2, -0.15) is 0 Å². The van der Waals surface area contributed by atoms with Crippen LogP contribution in [0.2, 0.25) is 4.44 Å². The molecule has 2 aliphatic heterocycles. The molecule has 2 rings (SSSR count). The molecule has 14 heavy (non-hydrogen) atoms. The van der Waals surface area contributed by atoms with Crippen molar-refractivity contribution in [3.05, 3.63) is 0 Å². The van der Waals surface area contributed by atoms with E-state index in [1.54, 1.807) is 0 Å². The molecule has 2 saturated heterocycles. The summed E-state index contributed by atoms with van der Waals surface area (Å²) in [5.41, 5.74) is 0. The Kier molecular flexibility index (Phi) is 4.07. The van der Waals surface area contributed by atoms with Crippen LogP contribution in [0.15, 0.2) is 0 Å². The molecule has 0 amide bonds. The van der Waals surface area contributed by atoms with E-state index in [0.717, 1.165) is 37.5 Å². The van der Waals surface area contributed by atoms with Gasteiger partial charge in [-0.1, -0.05) is 0 Å². The molecule has 0 unspecified atom stereocenters. The van der Waals surface area contributed by atoms with Crippen LogP contribution in [0.1, 0.15) is 19.8 Å². The van der Waals surface area contributed by atoms with Crippen LogP contribution in [0, 0.1) is 0 Å². The minimum atomic E-state index is -3.03. The van der Waals surface area contributed by atoms with Gasteiger partial charge in [0.1, 0.15) is 0 Å². The molecular weight excluding hydrogens is 289 g/mol. The summed E-state index contributed by atoms with van der Waals surface area (Å²) in [6.07, 6.45) is 2.37. The molecule has 2 aliphatic rings. The van der Waals surface area contributed by atoms with Crippen molar-refractivity contribution in [2.24, 2.45) is 0 Å². The van der Waals surface area contributed by atoms with Crippen LogP contribution in [0.3, 0.4) is 0 Å². The number of rotatable bonds is 3. The molecule has 0 aromatic rings. The van der Waals surface area contributed by atoms with Crippen molar-refractivity contribution in [2.75, 3.05) is 33.0 Å². The standard InChI is InChI=1S/C5H10NO3.C4H9.Sn/c7-3-1-6(5-9)2-4-8;1-3-4-2;/h1-5H2;1,3-4H2,2H3;/q-3;;+3. The van der Waals surface area contributed by atoms with E-state index in [9.17, 15) is 0 Å². The molecule has 0 aromatic carbocycles. The maximum absolute atomic E-state index is 5.91. The Morgan fingerprint density at radius 2 is 1.86 bits per heavy atom. The predicted molar refractivity (Wildman–Crippen MR) is 54.9 cm³/mol. The molecule has 0 aliphatic carbocycles. The van der Waals surface area contributed by atoms with Gasteiger partial charge in [-0.05, 0) is 0 Å². The van der Waals surface area contributed by atoms with E-state index in [2.05, 4.69) is 11.8 Å². The van der Waals surface area contributed by atoms with Gasteiger partial charge in [0, 0.05) is 0 Å². The van der Waals surface area contributed by atoms with Crippen LogP contribution in [-0.4, -0.2) is 57.6 Å². The van der Waals surface area contributed by atoms with Gasteiger partial charge < -0.3 is 0 Å². The SMILES string of the molecule is CCC[CH2][Sn]12[O]CCN(CC[O]1)C[O]2. The van der Waals surface area contributed by atoms with Crippen molar-refractivity contribution in [2.45, 2.75) is 24.2 Å². The molecule has 0 spiro atoms. The summed E-state index contributed by atoms with van der Waals surface area (Å²) < 4.78 is 18.7. The van der Waals surface area contributed by atoms with Gasteiger partial charge in [-0.3, -0.25) is 0 Å². The molecule has 0 atom stereocenters. The normalized spacial score (nSPS) is 37.9. The molecule has 5 heteroatoms. The Morgan fingerprint density at radius 1 is 1.14 bits per heavy atom. The van der Waals surface area contributed by atoms with Gasteiger partial charge in [0.25, 0.3) is 0 Å². The topological polar surface area (TPSA) is 30.9 Å². The molecule has 2 heterocycles. The Bertz CT molecular complexity index is 181. The molecule has 82 valence electrons. The molecule has 2 bridgehead atoms. The van der Waals surface area contributed by atoms with Crippen LogP contribution in [-0.2, 0) is 9.22 Å². The number of fused-ring (bicyclic) bond motifs is 3. The van der Waals surface area contributed by atoms with Gasteiger partial charge in [0.05, 0.1) is 0 Å². The Morgan fingerprint density at radius 3 is 2.50 bits per heavy atom. The number of hydrogen-bond donors (Lipinski definition) is 0. The maximum atomic E-state index is 5.91. The summed E-state index contributed by atoms with van der Waals surface area (Å²) in [4.78, 5) is 2.28. The van der Waals surface area contributed by atoms with E-state index in [0.29, 0.717) is 0 Å². The summed E-state index contributed by atoms with van der Waals surface area (Å²) in [5.74, 6) is 0. The molecule has 0 radical (unpaired) electrons. The van der Waals surface area contributed by atoms with Crippen molar-refractivity contribution < 1.29 is 9.22 Å². The Hall–Kier alpha value is 0.639. The van der Waals surface area contributed by atoms with Crippen LogP contribution in [0.4, 0.5) is 0 Å². The third-order valence-corrected chi connectivity index (χ3v) is 10.8. The van der Waals surface area contributed by atoms with Gasteiger partial charge in [-0.25, -0.2) is 0 Å². The number of hydrogen-bond acceptors (Lipinski definition) is 4. The minimum absolute atomic E-state index is 0.736.